The summed E-state index contributed by atoms with van der Waals surface area (Å²) >= 11 is 0. The van der Waals surface area contributed by atoms with Crippen LogP contribution in [0.1, 0.15) is 53.9 Å². The van der Waals surface area contributed by atoms with Crippen molar-refractivity contribution in [2.24, 2.45) is 5.92 Å². The Morgan fingerprint density at radius 2 is 1.94 bits per heavy atom. The topological polar surface area (TPSA) is 49.3 Å². The van der Waals surface area contributed by atoms with E-state index in [1.165, 1.54) is 0 Å². The van der Waals surface area contributed by atoms with E-state index in [1.54, 1.807) is 0 Å². The van der Waals surface area contributed by atoms with Crippen LogP contribution in [-0.2, 0) is 4.79 Å². The van der Waals surface area contributed by atoms with E-state index in [-0.39, 0.29) is 17.7 Å². The number of aliphatic hydroxyl groups is 1. The van der Waals surface area contributed by atoms with Gasteiger partial charge in [-0.25, -0.2) is 0 Å². The number of carbonyl (C=O) groups excluding carboxylic acids is 1. The minimum absolute atomic E-state index is 0.153. The summed E-state index contributed by atoms with van der Waals surface area (Å²) in [6.07, 6.45) is 2.53. The van der Waals surface area contributed by atoms with Gasteiger partial charge in [-0.15, -0.1) is 9.24 Å². The zero-order chi connectivity index (χ0) is 13.9. The molecular formula is C13H30NO2P. The van der Waals surface area contributed by atoms with Gasteiger partial charge in [-0.1, -0.05) is 34.6 Å². The SMILES string of the molecule is CC(C)(P)CCO.CCC(=O)NCCC(C)C. The van der Waals surface area contributed by atoms with E-state index in [0.717, 1.165) is 19.4 Å². The first-order valence-electron chi connectivity index (χ1n) is 6.39. The molecule has 0 radical (unpaired) electrons. The summed E-state index contributed by atoms with van der Waals surface area (Å²) < 4.78 is 0. The fraction of sp³-hybridized carbons (Fsp3) is 0.923. The van der Waals surface area contributed by atoms with Crippen molar-refractivity contribution >= 4 is 15.1 Å². The first-order valence-corrected chi connectivity index (χ1v) is 6.97. The van der Waals surface area contributed by atoms with Gasteiger partial charge < -0.3 is 10.4 Å². The smallest absolute Gasteiger partial charge is 0.219 e. The predicted molar refractivity (Wildman–Crippen MR) is 78.2 cm³/mol. The Hall–Kier alpha value is -0.140. The molecule has 0 aromatic rings. The molecule has 0 aromatic heterocycles. The van der Waals surface area contributed by atoms with E-state index >= 15 is 0 Å². The largest absolute Gasteiger partial charge is 0.396 e. The van der Waals surface area contributed by atoms with Crippen molar-refractivity contribution in [1.82, 2.24) is 5.32 Å². The fourth-order valence-electron chi connectivity index (χ4n) is 0.913. The van der Waals surface area contributed by atoms with Crippen molar-refractivity contribution in [1.29, 1.82) is 0 Å². The summed E-state index contributed by atoms with van der Waals surface area (Å²) in [5, 5.41) is 11.4. The van der Waals surface area contributed by atoms with Gasteiger partial charge in [0.2, 0.25) is 5.91 Å². The molecule has 0 aromatic carbocycles. The van der Waals surface area contributed by atoms with Crippen molar-refractivity contribution in [3.8, 4) is 0 Å². The molecule has 0 saturated heterocycles. The normalized spacial score (nSPS) is 10.8. The summed E-state index contributed by atoms with van der Waals surface area (Å²) in [7, 11) is 2.68. The van der Waals surface area contributed by atoms with Crippen LogP contribution in [0.25, 0.3) is 0 Å². The van der Waals surface area contributed by atoms with Crippen LogP contribution >= 0.6 is 9.24 Å². The molecule has 0 aliphatic carbocycles. The van der Waals surface area contributed by atoms with Gasteiger partial charge in [0.1, 0.15) is 0 Å². The summed E-state index contributed by atoms with van der Waals surface area (Å²) in [5.74, 6) is 0.831. The molecule has 104 valence electrons. The highest BCUT2D eigenvalue weighted by atomic mass is 31.0. The number of aliphatic hydroxyl groups excluding tert-OH is 1. The van der Waals surface area contributed by atoms with Crippen LogP contribution in [0.2, 0.25) is 0 Å². The number of hydrogen-bond acceptors (Lipinski definition) is 2. The Kier molecular flexibility index (Phi) is 12.4. The monoisotopic (exact) mass is 263 g/mol. The minimum Gasteiger partial charge on any atom is -0.396 e. The Morgan fingerprint density at radius 1 is 1.41 bits per heavy atom. The number of rotatable bonds is 6. The predicted octanol–water partition coefficient (Wildman–Crippen LogP) is 2.58. The molecule has 4 heteroatoms. The zero-order valence-electron chi connectivity index (χ0n) is 12.0. The molecule has 1 atom stereocenters. The van der Waals surface area contributed by atoms with Gasteiger partial charge in [0.15, 0.2) is 0 Å². The molecule has 0 fully saturated rings. The average Bonchev–Trinajstić information content (AvgIpc) is 2.16. The third-order valence-electron chi connectivity index (χ3n) is 2.12. The summed E-state index contributed by atoms with van der Waals surface area (Å²) in [4.78, 5) is 10.7. The van der Waals surface area contributed by atoms with Gasteiger partial charge in [-0.3, -0.25) is 4.79 Å². The van der Waals surface area contributed by atoms with E-state index < -0.39 is 0 Å². The maximum absolute atomic E-state index is 10.7. The zero-order valence-corrected chi connectivity index (χ0v) is 13.2. The van der Waals surface area contributed by atoms with Crippen molar-refractivity contribution in [2.75, 3.05) is 13.2 Å². The van der Waals surface area contributed by atoms with Crippen LogP contribution in [0, 0.1) is 5.92 Å². The van der Waals surface area contributed by atoms with Crippen LogP contribution < -0.4 is 5.32 Å². The Bertz CT molecular complexity index is 188. The van der Waals surface area contributed by atoms with Crippen molar-refractivity contribution < 1.29 is 9.90 Å². The molecule has 1 amide bonds. The average molecular weight is 263 g/mol. The first kappa shape index (κ1) is 19.2. The maximum Gasteiger partial charge on any atom is 0.219 e. The van der Waals surface area contributed by atoms with E-state index in [9.17, 15) is 4.79 Å². The molecule has 1 unspecified atom stereocenters. The Labute approximate surface area is 109 Å². The quantitative estimate of drug-likeness (QED) is 0.724. The molecule has 0 rings (SSSR count). The van der Waals surface area contributed by atoms with Crippen LogP contribution in [0.4, 0.5) is 0 Å². The molecule has 3 nitrogen and oxygen atoms in total. The van der Waals surface area contributed by atoms with E-state index in [4.69, 9.17) is 5.11 Å². The summed E-state index contributed by atoms with van der Waals surface area (Å²) in [6.45, 7) is 11.4. The second kappa shape index (κ2) is 11.0. The Morgan fingerprint density at radius 3 is 2.18 bits per heavy atom. The van der Waals surface area contributed by atoms with Gasteiger partial charge >= 0.3 is 0 Å². The molecular weight excluding hydrogens is 233 g/mol. The standard InChI is InChI=1S/C8H17NO.C5H13OP/c1-4-8(10)9-6-5-7(2)3;1-5(2,7)3-4-6/h7H,4-6H2,1-3H3,(H,9,10);6H,3-4,7H2,1-2H3. The second-order valence-electron chi connectivity index (χ2n) is 5.35. The maximum atomic E-state index is 10.7. The van der Waals surface area contributed by atoms with Gasteiger partial charge in [-0.2, -0.15) is 0 Å². The number of hydrogen-bond donors (Lipinski definition) is 2. The highest BCUT2D eigenvalue weighted by Crippen LogP contribution is 2.19. The van der Waals surface area contributed by atoms with E-state index in [1.807, 2.05) is 6.92 Å². The lowest BCUT2D eigenvalue weighted by atomic mass is 10.1. The third kappa shape index (κ3) is 21.7. The van der Waals surface area contributed by atoms with Crippen molar-refractivity contribution in [2.45, 2.75) is 59.0 Å². The third-order valence-corrected chi connectivity index (χ3v) is 2.41. The van der Waals surface area contributed by atoms with Gasteiger partial charge in [0, 0.05) is 19.6 Å². The molecule has 0 saturated carbocycles. The van der Waals surface area contributed by atoms with Crippen molar-refractivity contribution in [3.63, 3.8) is 0 Å². The highest BCUT2D eigenvalue weighted by Gasteiger charge is 2.07. The minimum atomic E-state index is 0.153. The molecule has 0 aliphatic rings. The van der Waals surface area contributed by atoms with Crippen LogP contribution in [0.3, 0.4) is 0 Å². The van der Waals surface area contributed by atoms with Gasteiger partial charge in [0.05, 0.1) is 0 Å². The number of amides is 1. The molecule has 0 heterocycles. The highest BCUT2D eigenvalue weighted by molar-refractivity contribution is 7.18. The molecule has 0 spiro atoms. The molecule has 0 aliphatic heterocycles. The van der Waals surface area contributed by atoms with Crippen molar-refractivity contribution in [3.05, 3.63) is 0 Å². The molecule has 0 bridgehead atoms. The van der Waals surface area contributed by atoms with Crippen LogP contribution in [0.5, 0.6) is 0 Å². The van der Waals surface area contributed by atoms with E-state index in [0.29, 0.717) is 12.3 Å². The first-order chi connectivity index (χ1) is 7.72. The number of carbonyl (C=O) groups is 1. The lowest BCUT2D eigenvalue weighted by molar-refractivity contribution is -0.120. The number of nitrogens with one attached hydrogen (secondary N) is 1. The van der Waals surface area contributed by atoms with Crippen LogP contribution in [-0.4, -0.2) is 29.3 Å². The Balaban J connectivity index is 0. The fourth-order valence-corrected chi connectivity index (χ4v) is 1.04. The summed E-state index contributed by atoms with van der Waals surface area (Å²) in [5.41, 5.74) is 0. The molecule has 2 N–H and O–H groups in total. The lowest BCUT2D eigenvalue weighted by Gasteiger charge is -2.14. The molecule has 17 heavy (non-hydrogen) atoms. The van der Waals surface area contributed by atoms with E-state index in [2.05, 4.69) is 42.3 Å². The second-order valence-corrected chi connectivity index (χ2v) is 6.91. The lowest BCUT2D eigenvalue weighted by Crippen LogP contribution is -2.24. The van der Waals surface area contributed by atoms with Gasteiger partial charge in [-0.05, 0) is 23.9 Å². The van der Waals surface area contributed by atoms with Crippen LogP contribution in [0.15, 0.2) is 0 Å². The summed E-state index contributed by atoms with van der Waals surface area (Å²) in [6, 6.07) is 0. The van der Waals surface area contributed by atoms with Gasteiger partial charge in [0.25, 0.3) is 0 Å².